The van der Waals surface area contributed by atoms with Gasteiger partial charge in [-0.1, -0.05) is 0 Å². The minimum atomic E-state index is -3.08. The van der Waals surface area contributed by atoms with Crippen molar-refractivity contribution in [3.63, 3.8) is 0 Å². The van der Waals surface area contributed by atoms with E-state index in [1.54, 1.807) is 0 Å². The van der Waals surface area contributed by atoms with Crippen LogP contribution in [0.3, 0.4) is 0 Å². The second kappa shape index (κ2) is 3.79. The van der Waals surface area contributed by atoms with Crippen LogP contribution in [-0.4, -0.2) is 42.8 Å². The van der Waals surface area contributed by atoms with Gasteiger partial charge in [0.05, 0.1) is 12.4 Å². The molecular weight excluding hydrogens is 202 g/mol. The lowest BCUT2D eigenvalue weighted by Crippen LogP contribution is -2.39. The van der Waals surface area contributed by atoms with Gasteiger partial charge in [-0.2, -0.15) is 4.31 Å². The summed E-state index contributed by atoms with van der Waals surface area (Å²) < 4.78 is 25.2. The minimum Gasteiger partial charge on any atom is -0.395 e. The van der Waals surface area contributed by atoms with Gasteiger partial charge in [0, 0.05) is 12.6 Å². The highest BCUT2D eigenvalue weighted by molar-refractivity contribution is 7.89. The molecule has 82 valence electrons. The minimum absolute atomic E-state index is 0.0378. The van der Waals surface area contributed by atoms with Crippen LogP contribution in [-0.2, 0) is 10.0 Å². The van der Waals surface area contributed by atoms with Gasteiger partial charge in [0.1, 0.15) is 0 Å². The van der Waals surface area contributed by atoms with Crippen molar-refractivity contribution in [2.75, 3.05) is 18.9 Å². The number of hydrogen-bond acceptors (Lipinski definition) is 3. The van der Waals surface area contributed by atoms with E-state index in [-0.39, 0.29) is 12.6 Å². The molecule has 0 spiro atoms. The smallest absolute Gasteiger partial charge is 0.214 e. The van der Waals surface area contributed by atoms with Gasteiger partial charge in [-0.05, 0) is 31.6 Å². The average Bonchev–Trinajstić information content (AvgIpc) is 2.80. The first-order valence-corrected chi connectivity index (χ1v) is 6.85. The van der Waals surface area contributed by atoms with Crippen molar-refractivity contribution >= 4 is 10.0 Å². The van der Waals surface area contributed by atoms with Crippen LogP contribution in [0.2, 0.25) is 0 Å². The number of aliphatic hydroxyl groups is 1. The topological polar surface area (TPSA) is 57.6 Å². The second-order valence-corrected chi connectivity index (χ2v) is 6.28. The highest BCUT2D eigenvalue weighted by atomic mass is 32.2. The highest BCUT2D eigenvalue weighted by Crippen LogP contribution is 2.32. The van der Waals surface area contributed by atoms with E-state index in [1.807, 2.05) is 0 Å². The van der Waals surface area contributed by atoms with Crippen molar-refractivity contribution in [1.82, 2.24) is 4.31 Å². The van der Waals surface area contributed by atoms with Crippen LogP contribution in [0.15, 0.2) is 0 Å². The van der Waals surface area contributed by atoms with Gasteiger partial charge < -0.3 is 5.11 Å². The molecule has 2 rings (SSSR count). The molecule has 1 atom stereocenters. The Labute approximate surface area is 85.0 Å². The zero-order valence-corrected chi connectivity index (χ0v) is 9.04. The van der Waals surface area contributed by atoms with Crippen molar-refractivity contribution in [2.24, 2.45) is 5.92 Å². The van der Waals surface area contributed by atoms with Crippen molar-refractivity contribution in [3.05, 3.63) is 0 Å². The summed E-state index contributed by atoms with van der Waals surface area (Å²) in [6, 6.07) is -0.154. The molecule has 0 bridgehead atoms. The molecule has 1 N–H and O–H groups in total. The van der Waals surface area contributed by atoms with Crippen LogP contribution in [0.4, 0.5) is 0 Å². The molecule has 4 nitrogen and oxygen atoms in total. The normalized spacial score (nSPS) is 29.6. The Bertz CT molecular complexity index is 297. The molecule has 1 saturated carbocycles. The van der Waals surface area contributed by atoms with E-state index >= 15 is 0 Å². The maximum atomic E-state index is 11.9. The Hall–Kier alpha value is -0.130. The molecule has 0 aromatic carbocycles. The lowest BCUT2D eigenvalue weighted by atomic mass is 10.2. The summed E-state index contributed by atoms with van der Waals surface area (Å²) in [5.74, 6) is 0.684. The zero-order chi connectivity index (χ0) is 10.2. The Balaban J connectivity index is 2.03. The first kappa shape index (κ1) is 10.4. The van der Waals surface area contributed by atoms with Crippen LogP contribution in [0.5, 0.6) is 0 Å². The van der Waals surface area contributed by atoms with Crippen molar-refractivity contribution in [1.29, 1.82) is 0 Å². The van der Waals surface area contributed by atoms with Crippen molar-refractivity contribution in [3.8, 4) is 0 Å². The van der Waals surface area contributed by atoms with Gasteiger partial charge in [0.15, 0.2) is 0 Å². The second-order valence-electron chi connectivity index (χ2n) is 4.31. The van der Waals surface area contributed by atoms with Gasteiger partial charge in [0.2, 0.25) is 10.0 Å². The summed E-state index contributed by atoms with van der Waals surface area (Å²) in [6.45, 7) is 0.560. The van der Waals surface area contributed by atoms with E-state index in [0.717, 1.165) is 25.7 Å². The van der Waals surface area contributed by atoms with E-state index in [1.165, 1.54) is 4.31 Å². The van der Waals surface area contributed by atoms with Gasteiger partial charge in [0.25, 0.3) is 0 Å². The fourth-order valence-corrected chi connectivity index (χ4v) is 4.19. The van der Waals surface area contributed by atoms with E-state index in [9.17, 15) is 8.42 Å². The SMILES string of the molecule is O=S(=O)(CC1CC1)N1CCCC1CO. The van der Waals surface area contributed by atoms with Crippen molar-refractivity contribution in [2.45, 2.75) is 31.7 Å². The molecule has 1 heterocycles. The molecule has 0 aromatic rings. The van der Waals surface area contributed by atoms with E-state index in [2.05, 4.69) is 0 Å². The molecule has 14 heavy (non-hydrogen) atoms. The summed E-state index contributed by atoms with van der Waals surface area (Å²) in [7, 11) is -3.08. The van der Waals surface area contributed by atoms with E-state index < -0.39 is 10.0 Å². The van der Waals surface area contributed by atoms with Gasteiger partial charge in [-0.15, -0.1) is 0 Å². The first-order valence-electron chi connectivity index (χ1n) is 5.24. The Morgan fingerprint density at radius 1 is 1.29 bits per heavy atom. The van der Waals surface area contributed by atoms with Crippen LogP contribution in [0.1, 0.15) is 25.7 Å². The average molecular weight is 219 g/mol. The van der Waals surface area contributed by atoms with E-state index in [4.69, 9.17) is 5.11 Å². The lowest BCUT2D eigenvalue weighted by molar-refractivity contribution is 0.213. The largest absolute Gasteiger partial charge is 0.395 e. The summed E-state index contributed by atoms with van der Waals surface area (Å²) in [4.78, 5) is 0. The summed E-state index contributed by atoms with van der Waals surface area (Å²) in [5, 5.41) is 9.04. The number of aliphatic hydroxyl groups excluding tert-OH is 1. The van der Waals surface area contributed by atoms with Crippen LogP contribution in [0.25, 0.3) is 0 Å². The number of rotatable bonds is 4. The number of nitrogens with zero attached hydrogens (tertiary/aromatic N) is 1. The maximum Gasteiger partial charge on any atom is 0.214 e. The standard InChI is InChI=1S/C9H17NO3S/c11-6-9-2-1-5-10(9)14(12,13)7-8-3-4-8/h8-9,11H,1-7H2. The van der Waals surface area contributed by atoms with E-state index in [0.29, 0.717) is 18.2 Å². The van der Waals surface area contributed by atoms with Crippen LogP contribution < -0.4 is 0 Å². The zero-order valence-electron chi connectivity index (χ0n) is 8.22. The van der Waals surface area contributed by atoms with Gasteiger partial charge in [-0.3, -0.25) is 0 Å². The molecule has 0 radical (unpaired) electrons. The van der Waals surface area contributed by atoms with Gasteiger partial charge in [-0.25, -0.2) is 8.42 Å². The quantitative estimate of drug-likeness (QED) is 0.734. The predicted octanol–water partition coefficient (Wildman–Crippen LogP) is 0.183. The molecule has 5 heteroatoms. The third-order valence-electron chi connectivity index (χ3n) is 3.03. The molecule has 2 fully saturated rings. The molecule has 1 saturated heterocycles. The Morgan fingerprint density at radius 3 is 2.57 bits per heavy atom. The van der Waals surface area contributed by atoms with Crippen LogP contribution in [0, 0.1) is 5.92 Å². The predicted molar refractivity (Wildman–Crippen MR) is 53.3 cm³/mol. The molecular formula is C9H17NO3S. The molecule has 2 aliphatic rings. The fourth-order valence-electron chi connectivity index (χ4n) is 2.04. The van der Waals surface area contributed by atoms with Crippen molar-refractivity contribution < 1.29 is 13.5 Å². The third kappa shape index (κ3) is 2.10. The number of hydrogen-bond donors (Lipinski definition) is 1. The lowest BCUT2D eigenvalue weighted by Gasteiger charge is -2.22. The molecule has 1 aliphatic heterocycles. The monoisotopic (exact) mass is 219 g/mol. The fraction of sp³-hybridized carbons (Fsp3) is 1.00. The molecule has 0 aromatic heterocycles. The molecule has 1 aliphatic carbocycles. The Morgan fingerprint density at radius 2 is 2.00 bits per heavy atom. The third-order valence-corrected chi connectivity index (χ3v) is 5.12. The summed E-state index contributed by atoms with van der Waals surface area (Å²) in [5.41, 5.74) is 0. The van der Waals surface area contributed by atoms with Crippen LogP contribution >= 0.6 is 0 Å². The highest BCUT2D eigenvalue weighted by Gasteiger charge is 2.37. The molecule has 0 amide bonds. The maximum absolute atomic E-state index is 11.9. The number of sulfonamides is 1. The first-order chi connectivity index (χ1) is 6.63. The Kier molecular flexibility index (Phi) is 2.81. The van der Waals surface area contributed by atoms with Gasteiger partial charge >= 0.3 is 0 Å². The summed E-state index contributed by atoms with van der Waals surface area (Å²) >= 11 is 0. The molecule has 1 unspecified atom stereocenters. The summed E-state index contributed by atoms with van der Waals surface area (Å²) in [6.07, 6.45) is 3.79.